The summed E-state index contributed by atoms with van der Waals surface area (Å²) in [4.78, 5) is 0. The minimum atomic E-state index is -0.697. The Labute approximate surface area is 114 Å². The molecular weight excluding hydrogens is 266 g/mol. The summed E-state index contributed by atoms with van der Waals surface area (Å²) in [6.07, 6.45) is 0. The van der Waals surface area contributed by atoms with E-state index in [1.807, 2.05) is 0 Å². The Morgan fingerprint density at radius 3 is 2.55 bits per heavy atom. The molecule has 2 aromatic carbocycles. The molecule has 3 N–H and O–H groups in total. The lowest BCUT2D eigenvalue weighted by Crippen LogP contribution is -2.13. The Bertz CT molecular complexity index is 672. The van der Waals surface area contributed by atoms with Gasteiger partial charge in [0.25, 0.3) is 0 Å². The van der Waals surface area contributed by atoms with Gasteiger partial charge in [0.15, 0.2) is 17.4 Å². The molecule has 6 heteroatoms. The Morgan fingerprint density at radius 2 is 1.90 bits per heavy atom. The molecule has 0 saturated heterocycles. The average Bonchev–Trinajstić information content (AvgIpc) is 2.44. The van der Waals surface area contributed by atoms with Crippen molar-refractivity contribution in [3.05, 3.63) is 59.2 Å². The van der Waals surface area contributed by atoms with Gasteiger partial charge in [0.05, 0.1) is 0 Å². The van der Waals surface area contributed by atoms with Crippen molar-refractivity contribution in [2.24, 2.45) is 10.9 Å². The third-order valence-corrected chi connectivity index (χ3v) is 2.71. The molecule has 0 bridgehead atoms. The fourth-order valence-electron chi connectivity index (χ4n) is 1.60. The molecule has 0 aromatic heterocycles. The van der Waals surface area contributed by atoms with E-state index in [0.29, 0.717) is 5.56 Å². The maximum absolute atomic E-state index is 13.9. The number of ether oxygens (including phenoxy) is 1. The number of hydrogen-bond acceptors (Lipinski definition) is 3. The number of rotatable bonds is 3. The van der Waals surface area contributed by atoms with Gasteiger partial charge in [0.2, 0.25) is 0 Å². The molecule has 0 atom stereocenters. The summed E-state index contributed by atoms with van der Waals surface area (Å²) < 4.78 is 32.3. The van der Waals surface area contributed by atoms with Gasteiger partial charge in [-0.25, -0.2) is 8.78 Å². The SMILES string of the molecule is Cc1ccc(F)cc1Oc1ccc(/C(N)=N/O)cc1F. The van der Waals surface area contributed by atoms with Crippen LogP contribution in [-0.2, 0) is 0 Å². The lowest BCUT2D eigenvalue weighted by Gasteiger charge is -2.10. The molecule has 0 aliphatic heterocycles. The van der Waals surface area contributed by atoms with Crippen molar-refractivity contribution in [2.45, 2.75) is 6.92 Å². The van der Waals surface area contributed by atoms with Gasteiger partial charge in [-0.3, -0.25) is 0 Å². The maximum atomic E-state index is 13.9. The number of aryl methyl sites for hydroxylation is 1. The number of benzene rings is 2. The van der Waals surface area contributed by atoms with E-state index in [2.05, 4.69) is 5.16 Å². The largest absolute Gasteiger partial charge is 0.454 e. The third-order valence-electron chi connectivity index (χ3n) is 2.71. The monoisotopic (exact) mass is 278 g/mol. The van der Waals surface area contributed by atoms with Gasteiger partial charge in [-0.05, 0) is 36.8 Å². The van der Waals surface area contributed by atoms with E-state index in [9.17, 15) is 8.78 Å². The lowest BCUT2D eigenvalue weighted by molar-refractivity contribution is 0.318. The first-order chi connectivity index (χ1) is 9.51. The van der Waals surface area contributed by atoms with Crippen LogP contribution in [0, 0.1) is 18.6 Å². The highest BCUT2D eigenvalue weighted by Gasteiger charge is 2.10. The van der Waals surface area contributed by atoms with Crippen molar-refractivity contribution in [3.63, 3.8) is 0 Å². The first-order valence-electron chi connectivity index (χ1n) is 5.72. The molecule has 0 radical (unpaired) electrons. The number of nitrogens with zero attached hydrogens (tertiary/aromatic N) is 1. The summed E-state index contributed by atoms with van der Waals surface area (Å²) >= 11 is 0. The van der Waals surface area contributed by atoms with Crippen molar-refractivity contribution >= 4 is 5.84 Å². The fourth-order valence-corrected chi connectivity index (χ4v) is 1.60. The first-order valence-corrected chi connectivity index (χ1v) is 5.72. The number of halogens is 2. The van der Waals surface area contributed by atoms with Gasteiger partial charge in [-0.1, -0.05) is 11.2 Å². The third kappa shape index (κ3) is 2.85. The van der Waals surface area contributed by atoms with Crippen molar-refractivity contribution in [1.82, 2.24) is 0 Å². The van der Waals surface area contributed by atoms with Crippen molar-refractivity contribution in [2.75, 3.05) is 0 Å². The van der Waals surface area contributed by atoms with Crippen molar-refractivity contribution in [1.29, 1.82) is 0 Å². The smallest absolute Gasteiger partial charge is 0.170 e. The zero-order valence-electron chi connectivity index (χ0n) is 10.6. The van der Waals surface area contributed by atoms with Crippen LogP contribution in [-0.4, -0.2) is 11.0 Å². The van der Waals surface area contributed by atoms with Crippen LogP contribution in [0.3, 0.4) is 0 Å². The van der Waals surface area contributed by atoms with Crippen LogP contribution >= 0.6 is 0 Å². The molecule has 0 saturated carbocycles. The van der Waals surface area contributed by atoms with Crippen LogP contribution in [0.15, 0.2) is 41.6 Å². The molecule has 0 heterocycles. The Hall–Kier alpha value is -2.63. The Morgan fingerprint density at radius 1 is 1.15 bits per heavy atom. The molecular formula is C14H12F2N2O2. The minimum absolute atomic E-state index is 0.0758. The Kier molecular flexibility index (Phi) is 3.84. The van der Waals surface area contributed by atoms with Gasteiger partial charge in [-0.2, -0.15) is 0 Å². The Balaban J connectivity index is 2.33. The highest BCUT2D eigenvalue weighted by atomic mass is 19.1. The normalized spacial score (nSPS) is 11.4. The second kappa shape index (κ2) is 5.56. The topological polar surface area (TPSA) is 67.8 Å². The van der Waals surface area contributed by atoms with E-state index in [0.717, 1.165) is 6.07 Å². The quantitative estimate of drug-likeness (QED) is 0.392. The summed E-state index contributed by atoms with van der Waals surface area (Å²) in [5, 5.41) is 11.3. The van der Waals surface area contributed by atoms with Gasteiger partial charge in [0.1, 0.15) is 11.6 Å². The molecule has 0 aliphatic rings. The number of nitrogens with two attached hydrogens (primary N) is 1. The van der Waals surface area contributed by atoms with Crippen LogP contribution in [0.2, 0.25) is 0 Å². The maximum Gasteiger partial charge on any atom is 0.170 e. The molecule has 104 valence electrons. The van der Waals surface area contributed by atoms with Gasteiger partial charge in [0, 0.05) is 11.6 Å². The van der Waals surface area contributed by atoms with Gasteiger partial charge >= 0.3 is 0 Å². The molecule has 0 aliphatic carbocycles. The lowest BCUT2D eigenvalue weighted by atomic mass is 10.2. The standard InChI is InChI=1S/C14H12F2N2O2/c1-8-2-4-10(15)7-13(8)20-12-5-3-9(6-11(12)16)14(17)18-19/h2-7,19H,1H3,(H2,17,18). The van der Waals surface area contributed by atoms with E-state index in [1.165, 1.54) is 30.3 Å². The average molecular weight is 278 g/mol. The second-order valence-corrected chi connectivity index (χ2v) is 4.14. The van der Waals surface area contributed by atoms with E-state index in [1.54, 1.807) is 6.92 Å². The predicted octanol–water partition coefficient (Wildman–Crippen LogP) is 3.16. The summed E-state index contributed by atoms with van der Waals surface area (Å²) in [5.74, 6) is -1.23. The van der Waals surface area contributed by atoms with E-state index in [4.69, 9.17) is 15.7 Å². The van der Waals surface area contributed by atoms with Crippen molar-refractivity contribution in [3.8, 4) is 11.5 Å². The van der Waals surface area contributed by atoms with E-state index in [-0.39, 0.29) is 22.9 Å². The van der Waals surface area contributed by atoms with Crippen LogP contribution in [0.4, 0.5) is 8.78 Å². The predicted molar refractivity (Wildman–Crippen MR) is 70.1 cm³/mol. The molecule has 0 unspecified atom stereocenters. The first kappa shape index (κ1) is 13.8. The summed E-state index contributed by atoms with van der Waals surface area (Å²) in [7, 11) is 0. The fraction of sp³-hybridized carbons (Fsp3) is 0.0714. The van der Waals surface area contributed by atoms with Gasteiger partial charge < -0.3 is 15.7 Å². The zero-order chi connectivity index (χ0) is 14.7. The molecule has 2 aromatic rings. The number of oxime groups is 1. The summed E-state index contributed by atoms with van der Waals surface area (Å²) in [6.45, 7) is 1.72. The molecule has 0 fully saturated rings. The van der Waals surface area contributed by atoms with Crippen LogP contribution < -0.4 is 10.5 Å². The molecule has 0 amide bonds. The van der Waals surface area contributed by atoms with Crippen molar-refractivity contribution < 1.29 is 18.7 Å². The van der Waals surface area contributed by atoms with E-state index < -0.39 is 11.6 Å². The number of amidine groups is 1. The summed E-state index contributed by atoms with van der Waals surface area (Å²) in [5.41, 5.74) is 6.24. The molecule has 0 spiro atoms. The highest BCUT2D eigenvalue weighted by Crippen LogP contribution is 2.28. The molecule has 4 nitrogen and oxygen atoms in total. The highest BCUT2D eigenvalue weighted by molar-refractivity contribution is 5.97. The van der Waals surface area contributed by atoms with Crippen LogP contribution in [0.25, 0.3) is 0 Å². The van der Waals surface area contributed by atoms with Gasteiger partial charge in [-0.15, -0.1) is 0 Å². The second-order valence-electron chi connectivity index (χ2n) is 4.14. The molecule has 2 rings (SSSR count). The van der Waals surface area contributed by atoms with Crippen LogP contribution in [0.5, 0.6) is 11.5 Å². The minimum Gasteiger partial charge on any atom is -0.454 e. The summed E-state index contributed by atoms with van der Waals surface area (Å²) in [6, 6.07) is 7.83. The zero-order valence-corrected chi connectivity index (χ0v) is 10.6. The molecule has 20 heavy (non-hydrogen) atoms. The van der Waals surface area contributed by atoms with E-state index >= 15 is 0 Å². The number of hydrogen-bond donors (Lipinski definition) is 2. The van der Waals surface area contributed by atoms with Crippen LogP contribution in [0.1, 0.15) is 11.1 Å².